The van der Waals surface area contributed by atoms with E-state index in [1.165, 1.54) is 0 Å². The summed E-state index contributed by atoms with van der Waals surface area (Å²) in [4.78, 5) is 10.9. The fourth-order valence-corrected chi connectivity index (χ4v) is 1.49. The van der Waals surface area contributed by atoms with Crippen LogP contribution in [0.5, 0.6) is 0 Å². The Morgan fingerprint density at radius 2 is 2.05 bits per heavy atom. The van der Waals surface area contributed by atoms with Gasteiger partial charge in [-0.05, 0) is 24.1 Å². The summed E-state index contributed by atoms with van der Waals surface area (Å²) in [6, 6.07) is 2.23. The Morgan fingerprint density at radius 3 is 2.58 bits per heavy atom. The van der Waals surface area contributed by atoms with E-state index in [9.17, 15) is 27.5 Å². The van der Waals surface area contributed by atoms with Crippen LogP contribution in [0.2, 0.25) is 0 Å². The van der Waals surface area contributed by atoms with E-state index in [1.807, 2.05) is 0 Å². The second-order valence-corrected chi connectivity index (χ2v) is 3.87. The first-order chi connectivity index (χ1) is 8.75. The molecule has 1 N–H and O–H groups in total. The van der Waals surface area contributed by atoms with E-state index in [2.05, 4.69) is 4.74 Å². The van der Waals surface area contributed by atoms with Gasteiger partial charge in [0.25, 0.3) is 0 Å². The van der Waals surface area contributed by atoms with Gasteiger partial charge in [0, 0.05) is 6.42 Å². The van der Waals surface area contributed by atoms with E-state index in [0.717, 1.165) is 13.2 Å². The fraction of sp³-hybridized carbons (Fsp3) is 0.417. The molecule has 1 unspecified atom stereocenters. The lowest BCUT2D eigenvalue weighted by molar-refractivity contribution is -0.142. The standard InChI is InChI=1S/C12H12F4O3/c1-19-11(18)5-4-10(17)7-2-3-9(13)8(6-7)12(14,15)16/h2-3,6,10,17H,4-5H2,1H3. The molecule has 0 fully saturated rings. The lowest BCUT2D eigenvalue weighted by atomic mass is 10.0. The zero-order valence-corrected chi connectivity index (χ0v) is 10.00. The van der Waals surface area contributed by atoms with Crippen molar-refractivity contribution in [3.05, 3.63) is 35.1 Å². The molecule has 3 nitrogen and oxygen atoms in total. The van der Waals surface area contributed by atoms with E-state index in [4.69, 9.17) is 0 Å². The summed E-state index contributed by atoms with van der Waals surface area (Å²) >= 11 is 0. The molecular weight excluding hydrogens is 268 g/mol. The molecule has 0 saturated carbocycles. The minimum Gasteiger partial charge on any atom is -0.469 e. The number of alkyl halides is 3. The molecule has 0 aliphatic carbocycles. The van der Waals surface area contributed by atoms with Gasteiger partial charge in [-0.2, -0.15) is 13.2 Å². The summed E-state index contributed by atoms with van der Waals surface area (Å²) in [6.45, 7) is 0. The molecular formula is C12H12F4O3. The average molecular weight is 280 g/mol. The van der Waals surface area contributed by atoms with Crippen molar-refractivity contribution in [2.75, 3.05) is 7.11 Å². The average Bonchev–Trinajstić information content (AvgIpc) is 2.34. The number of aliphatic hydroxyl groups excluding tert-OH is 1. The molecule has 106 valence electrons. The maximum absolute atomic E-state index is 13.0. The van der Waals surface area contributed by atoms with Crippen molar-refractivity contribution in [1.29, 1.82) is 0 Å². The third kappa shape index (κ3) is 4.20. The van der Waals surface area contributed by atoms with Gasteiger partial charge >= 0.3 is 12.1 Å². The van der Waals surface area contributed by atoms with Crippen LogP contribution in [0.4, 0.5) is 17.6 Å². The van der Waals surface area contributed by atoms with Gasteiger partial charge in [-0.3, -0.25) is 4.79 Å². The van der Waals surface area contributed by atoms with Crippen LogP contribution >= 0.6 is 0 Å². The molecule has 1 atom stereocenters. The zero-order valence-electron chi connectivity index (χ0n) is 10.00. The Balaban J connectivity index is 2.87. The first-order valence-electron chi connectivity index (χ1n) is 5.37. The molecule has 0 amide bonds. The highest BCUT2D eigenvalue weighted by Gasteiger charge is 2.34. The van der Waals surface area contributed by atoms with Gasteiger partial charge in [-0.1, -0.05) is 6.07 Å². The largest absolute Gasteiger partial charge is 0.469 e. The number of esters is 1. The van der Waals surface area contributed by atoms with Gasteiger partial charge in [0.1, 0.15) is 5.82 Å². The number of carbonyl (C=O) groups is 1. The third-order valence-corrected chi connectivity index (χ3v) is 2.53. The van der Waals surface area contributed by atoms with Gasteiger partial charge in [-0.15, -0.1) is 0 Å². The Bertz CT molecular complexity index is 457. The fourth-order valence-electron chi connectivity index (χ4n) is 1.49. The number of carbonyl (C=O) groups excluding carboxylic acids is 1. The summed E-state index contributed by atoms with van der Waals surface area (Å²) in [5, 5.41) is 9.65. The number of aliphatic hydroxyl groups is 1. The summed E-state index contributed by atoms with van der Waals surface area (Å²) < 4.78 is 54.8. The van der Waals surface area contributed by atoms with Crippen LogP contribution in [0.3, 0.4) is 0 Å². The molecule has 1 rings (SSSR count). The lowest BCUT2D eigenvalue weighted by Crippen LogP contribution is -2.10. The summed E-state index contributed by atoms with van der Waals surface area (Å²) in [5.74, 6) is -1.99. The monoisotopic (exact) mass is 280 g/mol. The highest BCUT2D eigenvalue weighted by molar-refractivity contribution is 5.69. The predicted octanol–water partition coefficient (Wildman–Crippen LogP) is 2.83. The van der Waals surface area contributed by atoms with E-state index in [0.29, 0.717) is 12.1 Å². The maximum atomic E-state index is 13.0. The number of hydrogen-bond acceptors (Lipinski definition) is 3. The van der Waals surface area contributed by atoms with E-state index >= 15 is 0 Å². The number of rotatable bonds is 4. The van der Waals surface area contributed by atoms with Crippen molar-refractivity contribution in [1.82, 2.24) is 0 Å². The van der Waals surface area contributed by atoms with Crippen molar-refractivity contribution < 1.29 is 32.2 Å². The topological polar surface area (TPSA) is 46.5 Å². The SMILES string of the molecule is COC(=O)CCC(O)c1ccc(F)c(C(F)(F)F)c1. The molecule has 1 aromatic rings. The van der Waals surface area contributed by atoms with Gasteiger partial charge in [0.2, 0.25) is 0 Å². The quantitative estimate of drug-likeness (QED) is 0.681. The highest BCUT2D eigenvalue weighted by Crippen LogP contribution is 2.33. The predicted molar refractivity (Wildman–Crippen MR) is 57.6 cm³/mol. The number of halogens is 4. The number of benzene rings is 1. The Hall–Kier alpha value is -1.63. The van der Waals surface area contributed by atoms with Crippen molar-refractivity contribution in [2.45, 2.75) is 25.1 Å². The van der Waals surface area contributed by atoms with Crippen LogP contribution in [-0.2, 0) is 15.7 Å². The van der Waals surface area contributed by atoms with E-state index in [-0.39, 0.29) is 18.4 Å². The molecule has 0 radical (unpaired) electrons. The second kappa shape index (κ2) is 6.01. The minimum absolute atomic E-state index is 0.0994. The van der Waals surface area contributed by atoms with Crippen molar-refractivity contribution in [3.8, 4) is 0 Å². The Kier molecular flexibility index (Phi) is 4.88. The number of hydrogen-bond donors (Lipinski definition) is 1. The van der Waals surface area contributed by atoms with Crippen molar-refractivity contribution in [3.63, 3.8) is 0 Å². The number of methoxy groups -OCH3 is 1. The van der Waals surface area contributed by atoms with Crippen LogP contribution < -0.4 is 0 Å². The molecule has 0 heterocycles. The van der Waals surface area contributed by atoms with Crippen LogP contribution in [0.15, 0.2) is 18.2 Å². The molecule has 0 aliphatic rings. The molecule has 19 heavy (non-hydrogen) atoms. The summed E-state index contributed by atoms with van der Waals surface area (Å²) in [7, 11) is 1.16. The molecule has 1 aromatic carbocycles. The highest BCUT2D eigenvalue weighted by atomic mass is 19.4. The van der Waals surface area contributed by atoms with E-state index in [1.54, 1.807) is 0 Å². The van der Waals surface area contributed by atoms with Crippen LogP contribution in [0, 0.1) is 5.82 Å². The Morgan fingerprint density at radius 1 is 1.42 bits per heavy atom. The van der Waals surface area contributed by atoms with Crippen molar-refractivity contribution >= 4 is 5.97 Å². The minimum atomic E-state index is -4.83. The molecule has 0 spiro atoms. The molecule has 0 saturated heterocycles. The molecule has 0 aromatic heterocycles. The normalized spacial score (nSPS) is 13.2. The molecule has 0 aliphatic heterocycles. The first kappa shape index (κ1) is 15.4. The summed E-state index contributed by atoms with van der Waals surface area (Å²) in [5.41, 5.74) is -1.54. The van der Waals surface area contributed by atoms with Gasteiger partial charge < -0.3 is 9.84 Å². The Labute approximate surface area is 106 Å². The lowest BCUT2D eigenvalue weighted by Gasteiger charge is -2.14. The van der Waals surface area contributed by atoms with Crippen molar-refractivity contribution in [2.24, 2.45) is 0 Å². The van der Waals surface area contributed by atoms with Crippen LogP contribution in [0.25, 0.3) is 0 Å². The van der Waals surface area contributed by atoms with Gasteiger partial charge in [-0.25, -0.2) is 4.39 Å². The maximum Gasteiger partial charge on any atom is 0.419 e. The van der Waals surface area contributed by atoms with Crippen LogP contribution in [0.1, 0.15) is 30.1 Å². The van der Waals surface area contributed by atoms with Gasteiger partial charge in [0.05, 0.1) is 18.8 Å². The number of ether oxygens (including phenoxy) is 1. The van der Waals surface area contributed by atoms with E-state index < -0.39 is 29.6 Å². The third-order valence-electron chi connectivity index (χ3n) is 2.53. The van der Waals surface area contributed by atoms with Gasteiger partial charge in [0.15, 0.2) is 0 Å². The molecule has 7 heteroatoms. The first-order valence-corrected chi connectivity index (χ1v) is 5.37. The zero-order chi connectivity index (χ0) is 14.6. The second-order valence-electron chi connectivity index (χ2n) is 3.87. The summed E-state index contributed by atoms with van der Waals surface area (Å²) in [6.07, 6.45) is -6.37. The smallest absolute Gasteiger partial charge is 0.419 e. The van der Waals surface area contributed by atoms with Crippen LogP contribution in [-0.4, -0.2) is 18.2 Å². The molecule has 0 bridgehead atoms.